The highest BCUT2D eigenvalue weighted by Crippen LogP contribution is 2.20. The van der Waals surface area contributed by atoms with Gasteiger partial charge in [-0.3, -0.25) is 14.4 Å². The van der Waals surface area contributed by atoms with Crippen molar-refractivity contribution >= 4 is 29.3 Å². The van der Waals surface area contributed by atoms with Gasteiger partial charge in [0.2, 0.25) is 0 Å². The molecule has 1 fully saturated rings. The van der Waals surface area contributed by atoms with Crippen LogP contribution in [0.4, 0.5) is 0 Å². The first-order chi connectivity index (χ1) is 12.5. The topological polar surface area (TPSA) is 87.2 Å². The number of piperidine rings is 1. The number of hydrogen-bond donors (Lipinski definition) is 2. The quantitative estimate of drug-likeness (QED) is 0.754. The van der Waals surface area contributed by atoms with E-state index >= 15 is 0 Å². The van der Waals surface area contributed by atoms with E-state index in [-0.39, 0.29) is 18.3 Å². The van der Waals surface area contributed by atoms with Crippen LogP contribution >= 0.6 is 12.4 Å². The zero-order chi connectivity index (χ0) is 18.7. The predicted molar refractivity (Wildman–Crippen MR) is 109 cm³/mol. The van der Waals surface area contributed by atoms with Gasteiger partial charge in [0.15, 0.2) is 0 Å². The zero-order valence-electron chi connectivity index (χ0n) is 15.8. The number of nitrogens with zero attached hydrogens (tertiary/aromatic N) is 2. The van der Waals surface area contributed by atoms with E-state index in [1.165, 1.54) is 4.57 Å². The first-order valence-electron chi connectivity index (χ1n) is 9.32. The Morgan fingerprint density at radius 3 is 2.56 bits per heavy atom. The fourth-order valence-electron chi connectivity index (χ4n) is 3.60. The van der Waals surface area contributed by atoms with Crippen LogP contribution in [0.2, 0.25) is 0 Å². The Balaban J connectivity index is 0.00000261. The average molecular weight is 395 g/mol. The summed E-state index contributed by atoms with van der Waals surface area (Å²) in [5, 5.41) is 3.37. The van der Waals surface area contributed by atoms with E-state index in [0.717, 1.165) is 39.0 Å². The fraction of sp³-hybridized carbons (Fsp3) is 0.526. The third-order valence-electron chi connectivity index (χ3n) is 5.12. The summed E-state index contributed by atoms with van der Waals surface area (Å²) in [7, 11) is 0. The van der Waals surface area contributed by atoms with Crippen molar-refractivity contribution in [3.8, 4) is 0 Å². The van der Waals surface area contributed by atoms with Crippen LogP contribution in [-0.4, -0.2) is 46.5 Å². The summed E-state index contributed by atoms with van der Waals surface area (Å²) in [6, 6.07) is 5.15. The fourth-order valence-corrected chi connectivity index (χ4v) is 3.60. The summed E-state index contributed by atoms with van der Waals surface area (Å²) in [5.41, 5.74) is 0.469. The third kappa shape index (κ3) is 4.42. The number of halogens is 1. The highest BCUT2D eigenvalue weighted by Gasteiger charge is 2.23. The summed E-state index contributed by atoms with van der Waals surface area (Å²) in [5.74, 6) is 0.592. The molecule has 148 valence electrons. The van der Waals surface area contributed by atoms with E-state index in [2.05, 4.69) is 17.2 Å². The van der Waals surface area contributed by atoms with E-state index in [9.17, 15) is 14.4 Å². The van der Waals surface area contributed by atoms with Crippen LogP contribution in [0.5, 0.6) is 0 Å². The second-order valence-electron chi connectivity index (χ2n) is 6.78. The molecule has 1 saturated heterocycles. The van der Waals surface area contributed by atoms with Crippen LogP contribution in [0.1, 0.15) is 37.0 Å². The number of fused-ring (bicyclic) bond motifs is 1. The number of carbonyl (C=O) groups is 1. The minimum Gasteiger partial charge on any atom is -0.339 e. The molecule has 0 atom stereocenters. The molecule has 0 bridgehead atoms. The Hall–Kier alpha value is -2.12. The Kier molecular flexibility index (Phi) is 7.21. The number of likely N-dealkylation sites (tertiary alicyclic amines) is 1. The van der Waals surface area contributed by atoms with Gasteiger partial charge in [0.25, 0.3) is 5.91 Å². The molecule has 0 radical (unpaired) electrons. The Morgan fingerprint density at radius 2 is 1.93 bits per heavy atom. The first-order valence-corrected chi connectivity index (χ1v) is 9.32. The van der Waals surface area contributed by atoms with Gasteiger partial charge < -0.3 is 19.8 Å². The molecule has 7 nitrogen and oxygen atoms in total. The van der Waals surface area contributed by atoms with Crippen molar-refractivity contribution in [3.05, 3.63) is 44.5 Å². The van der Waals surface area contributed by atoms with E-state index in [4.69, 9.17) is 0 Å². The van der Waals surface area contributed by atoms with Gasteiger partial charge in [-0.1, -0.05) is 6.92 Å². The number of carbonyl (C=O) groups excluding carboxylic acids is 1. The van der Waals surface area contributed by atoms with Gasteiger partial charge in [0.05, 0.1) is 11.0 Å². The SMILES string of the molecule is CCNCC1CCN(C(=O)c2ccc3c(c2)[nH]c(=O)c(=O)n3CC)CC1.Cl. The molecule has 1 aliphatic heterocycles. The lowest BCUT2D eigenvalue weighted by molar-refractivity contribution is 0.0690. The number of hydrogen-bond acceptors (Lipinski definition) is 4. The molecule has 27 heavy (non-hydrogen) atoms. The molecule has 1 aliphatic rings. The summed E-state index contributed by atoms with van der Waals surface area (Å²) >= 11 is 0. The predicted octanol–water partition coefficient (Wildman–Crippen LogP) is 1.59. The minimum absolute atomic E-state index is 0. The molecule has 8 heteroatoms. The van der Waals surface area contributed by atoms with Crippen molar-refractivity contribution < 1.29 is 4.79 Å². The third-order valence-corrected chi connectivity index (χ3v) is 5.12. The summed E-state index contributed by atoms with van der Waals surface area (Å²) in [4.78, 5) is 41.0. The van der Waals surface area contributed by atoms with Gasteiger partial charge in [0.1, 0.15) is 0 Å². The molecular formula is C19H27ClN4O3. The lowest BCUT2D eigenvalue weighted by atomic mass is 9.96. The molecule has 1 aromatic carbocycles. The smallest absolute Gasteiger partial charge is 0.316 e. The number of H-pyrrole nitrogens is 1. The van der Waals surface area contributed by atoms with E-state index in [1.807, 2.05) is 11.8 Å². The molecular weight excluding hydrogens is 368 g/mol. The number of rotatable bonds is 5. The second-order valence-corrected chi connectivity index (χ2v) is 6.78. The maximum Gasteiger partial charge on any atom is 0.316 e. The van der Waals surface area contributed by atoms with Crippen LogP contribution in [-0.2, 0) is 6.54 Å². The van der Waals surface area contributed by atoms with Gasteiger partial charge in [0, 0.05) is 25.2 Å². The average Bonchev–Trinajstić information content (AvgIpc) is 2.67. The molecule has 0 saturated carbocycles. The molecule has 1 amide bonds. The summed E-state index contributed by atoms with van der Waals surface area (Å²) in [6.07, 6.45) is 2.00. The van der Waals surface area contributed by atoms with Crippen LogP contribution in [0.25, 0.3) is 11.0 Å². The molecule has 0 unspecified atom stereocenters. The standard InChI is InChI=1S/C19H26N4O3.ClH/c1-3-20-12-13-7-9-22(10-8-13)18(25)14-5-6-16-15(11-14)21-17(24)19(26)23(16)4-2;/h5-6,11,13,20H,3-4,7-10,12H2,1-2H3,(H,21,24);1H. The molecule has 1 aromatic heterocycles. The van der Waals surface area contributed by atoms with Gasteiger partial charge in [-0.15, -0.1) is 12.4 Å². The van der Waals surface area contributed by atoms with Crippen molar-refractivity contribution in [3.63, 3.8) is 0 Å². The summed E-state index contributed by atoms with van der Waals surface area (Å²) < 4.78 is 1.43. The Labute approximate surface area is 164 Å². The van der Waals surface area contributed by atoms with E-state index in [0.29, 0.717) is 29.1 Å². The van der Waals surface area contributed by atoms with Crippen LogP contribution < -0.4 is 16.4 Å². The highest BCUT2D eigenvalue weighted by molar-refractivity contribution is 5.97. The number of aryl methyl sites for hydroxylation is 1. The second kappa shape index (κ2) is 9.19. The number of nitrogens with one attached hydrogen (secondary N) is 2. The van der Waals surface area contributed by atoms with Crippen molar-refractivity contribution in [2.24, 2.45) is 5.92 Å². The first kappa shape index (κ1) is 21.2. The lowest BCUT2D eigenvalue weighted by Gasteiger charge is -2.32. The normalized spacial score (nSPS) is 15.0. The van der Waals surface area contributed by atoms with Crippen LogP contribution in [0, 0.1) is 5.92 Å². The number of aromatic amines is 1. The maximum atomic E-state index is 12.8. The monoisotopic (exact) mass is 394 g/mol. The van der Waals surface area contributed by atoms with Crippen LogP contribution in [0.15, 0.2) is 27.8 Å². The number of aromatic nitrogens is 2. The van der Waals surface area contributed by atoms with Crippen molar-refractivity contribution in [2.75, 3.05) is 26.2 Å². The molecule has 2 N–H and O–H groups in total. The number of benzene rings is 1. The molecule has 3 rings (SSSR count). The van der Waals surface area contributed by atoms with Crippen molar-refractivity contribution in [1.82, 2.24) is 19.8 Å². The summed E-state index contributed by atoms with van der Waals surface area (Å²) in [6.45, 7) is 7.79. The number of amides is 1. The van der Waals surface area contributed by atoms with Gasteiger partial charge in [-0.05, 0) is 57.0 Å². The molecule has 2 aromatic rings. The van der Waals surface area contributed by atoms with Gasteiger partial charge >= 0.3 is 11.1 Å². The lowest BCUT2D eigenvalue weighted by Crippen LogP contribution is -2.41. The minimum atomic E-state index is -0.659. The van der Waals surface area contributed by atoms with Crippen molar-refractivity contribution in [2.45, 2.75) is 33.2 Å². The highest BCUT2D eigenvalue weighted by atomic mass is 35.5. The molecule has 0 aliphatic carbocycles. The van der Waals surface area contributed by atoms with Crippen molar-refractivity contribution in [1.29, 1.82) is 0 Å². The van der Waals surface area contributed by atoms with Gasteiger partial charge in [-0.2, -0.15) is 0 Å². The van der Waals surface area contributed by atoms with Gasteiger partial charge in [-0.25, -0.2) is 0 Å². The largest absolute Gasteiger partial charge is 0.339 e. The maximum absolute atomic E-state index is 12.8. The van der Waals surface area contributed by atoms with E-state index < -0.39 is 11.1 Å². The molecule has 0 spiro atoms. The van der Waals surface area contributed by atoms with Crippen LogP contribution in [0.3, 0.4) is 0 Å². The Morgan fingerprint density at radius 1 is 1.22 bits per heavy atom. The zero-order valence-corrected chi connectivity index (χ0v) is 16.6. The van der Waals surface area contributed by atoms with E-state index in [1.54, 1.807) is 18.2 Å². The molecule has 2 heterocycles. The Bertz CT molecular complexity index is 913.